The van der Waals surface area contributed by atoms with Crippen molar-refractivity contribution >= 4 is 38.9 Å². The lowest BCUT2D eigenvalue weighted by Crippen LogP contribution is -2.12. The molecule has 2 nitrogen and oxygen atoms in total. The summed E-state index contributed by atoms with van der Waals surface area (Å²) in [6.07, 6.45) is 0. The lowest BCUT2D eigenvalue weighted by atomic mass is 9.93. The molecule has 2 heteroatoms. The van der Waals surface area contributed by atoms with E-state index in [0.717, 1.165) is 50.5 Å². The second-order valence-electron chi connectivity index (χ2n) is 15.7. The summed E-state index contributed by atoms with van der Waals surface area (Å²) in [7, 11) is 0. The minimum atomic E-state index is 1.07. The van der Waals surface area contributed by atoms with E-state index in [9.17, 15) is 0 Å². The Kier molecular flexibility index (Phi) is 9.57. The zero-order valence-electron chi connectivity index (χ0n) is 34.1. The number of anilines is 3. The van der Waals surface area contributed by atoms with E-state index < -0.39 is 0 Å². The third-order valence-electron chi connectivity index (χ3n) is 12.0. The van der Waals surface area contributed by atoms with Crippen molar-refractivity contribution in [2.24, 2.45) is 0 Å². The molecule has 1 heterocycles. The molecule has 0 aliphatic carbocycles. The maximum Gasteiger partial charge on any atom is 0.0562 e. The van der Waals surface area contributed by atoms with E-state index in [1.165, 1.54) is 49.7 Å². The average molecular weight is 791 g/mol. The molecule has 0 atom stereocenters. The maximum absolute atomic E-state index is 2.48. The van der Waals surface area contributed by atoms with E-state index in [1.54, 1.807) is 0 Å². The molecular weight excluding hydrogens is 749 g/mol. The lowest BCUT2D eigenvalue weighted by Gasteiger charge is -2.29. The number of para-hydroxylation sites is 1. The van der Waals surface area contributed by atoms with Gasteiger partial charge in [0.2, 0.25) is 0 Å². The fourth-order valence-corrected chi connectivity index (χ4v) is 9.10. The van der Waals surface area contributed by atoms with Gasteiger partial charge in [0.05, 0.1) is 22.4 Å². The molecule has 62 heavy (non-hydrogen) atoms. The van der Waals surface area contributed by atoms with Crippen LogP contribution in [-0.4, -0.2) is 4.57 Å². The normalized spacial score (nSPS) is 11.2. The zero-order chi connectivity index (χ0) is 41.2. The third kappa shape index (κ3) is 6.74. The van der Waals surface area contributed by atoms with E-state index in [2.05, 4.69) is 264 Å². The monoisotopic (exact) mass is 790 g/mol. The molecule has 292 valence electrons. The molecule has 0 N–H and O–H groups in total. The number of fused-ring (bicyclic) bond motifs is 3. The van der Waals surface area contributed by atoms with Crippen molar-refractivity contribution in [2.75, 3.05) is 4.90 Å². The molecule has 0 saturated heterocycles. The van der Waals surface area contributed by atoms with E-state index in [-0.39, 0.29) is 0 Å². The van der Waals surface area contributed by atoms with Gasteiger partial charge in [-0.3, -0.25) is 0 Å². The van der Waals surface area contributed by atoms with E-state index in [0.29, 0.717) is 0 Å². The van der Waals surface area contributed by atoms with Crippen LogP contribution in [0.15, 0.2) is 255 Å². The largest absolute Gasteiger partial charge is 0.310 e. The highest BCUT2D eigenvalue weighted by Crippen LogP contribution is 2.46. The summed E-state index contributed by atoms with van der Waals surface area (Å²) >= 11 is 0. The van der Waals surface area contributed by atoms with Gasteiger partial charge in [0.1, 0.15) is 0 Å². The summed E-state index contributed by atoms with van der Waals surface area (Å²) in [5, 5.41) is 2.42. The Morgan fingerprint density at radius 3 is 1.40 bits per heavy atom. The van der Waals surface area contributed by atoms with Crippen LogP contribution < -0.4 is 4.90 Å². The SMILES string of the molecule is c1ccc(-c2ccc(N(c3ccc4c5ccccc5n(-c5cccc(-c6ccccc6)c5-c5ccccc5)c4c3)c3cc(-c4ccccc4)ccc3-c3ccccc3)cc2)cc1. The molecule has 0 bridgehead atoms. The predicted molar refractivity (Wildman–Crippen MR) is 263 cm³/mol. The summed E-state index contributed by atoms with van der Waals surface area (Å²) in [6, 6.07) is 92.2. The van der Waals surface area contributed by atoms with Gasteiger partial charge < -0.3 is 9.47 Å². The van der Waals surface area contributed by atoms with Gasteiger partial charge in [-0.15, -0.1) is 0 Å². The maximum atomic E-state index is 2.48. The summed E-state index contributed by atoms with van der Waals surface area (Å²) in [4.78, 5) is 2.45. The number of nitrogens with zero attached hydrogens (tertiary/aromatic N) is 2. The van der Waals surface area contributed by atoms with Gasteiger partial charge in [0.25, 0.3) is 0 Å². The molecule has 0 radical (unpaired) electrons. The van der Waals surface area contributed by atoms with Crippen LogP contribution in [-0.2, 0) is 0 Å². The molecule has 11 rings (SSSR count). The molecule has 0 aliphatic rings. The molecule has 0 aliphatic heterocycles. The highest BCUT2D eigenvalue weighted by atomic mass is 15.1. The van der Waals surface area contributed by atoms with E-state index in [4.69, 9.17) is 0 Å². The first-order valence-electron chi connectivity index (χ1n) is 21.3. The summed E-state index contributed by atoms with van der Waals surface area (Å²) in [5.41, 5.74) is 18.5. The smallest absolute Gasteiger partial charge is 0.0562 e. The Morgan fingerprint density at radius 2 is 0.758 bits per heavy atom. The molecule has 10 aromatic carbocycles. The molecule has 0 amide bonds. The van der Waals surface area contributed by atoms with Crippen molar-refractivity contribution in [1.29, 1.82) is 0 Å². The first-order valence-corrected chi connectivity index (χ1v) is 21.3. The first-order chi connectivity index (χ1) is 30.8. The Balaban J connectivity index is 1.20. The van der Waals surface area contributed by atoms with Crippen LogP contribution in [0.5, 0.6) is 0 Å². The standard InChI is InChI=1S/C60H42N2/c1-6-19-43(20-7-1)45-33-36-50(37-34-45)61(58-41-49(44-21-8-2-9-22-44)35-39-52(58)46-23-10-3-11-24-46)51-38-40-55-54-29-16-17-31-56(54)62(59(55)42-51)57-32-18-30-53(47-25-12-4-13-26-47)60(57)48-27-14-5-15-28-48/h1-42H. The summed E-state index contributed by atoms with van der Waals surface area (Å²) in [5.74, 6) is 0. The van der Waals surface area contributed by atoms with Crippen molar-refractivity contribution in [3.63, 3.8) is 0 Å². The van der Waals surface area contributed by atoms with Gasteiger partial charge in [-0.25, -0.2) is 0 Å². The van der Waals surface area contributed by atoms with Crippen LogP contribution in [0.4, 0.5) is 17.1 Å². The van der Waals surface area contributed by atoms with Crippen LogP contribution in [0.3, 0.4) is 0 Å². The number of hydrogen-bond donors (Lipinski definition) is 0. The van der Waals surface area contributed by atoms with E-state index >= 15 is 0 Å². The lowest BCUT2D eigenvalue weighted by molar-refractivity contribution is 1.18. The Bertz CT molecular complexity index is 3300. The van der Waals surface area contributed by atoms with Crippen LogP contribution >= 0.6 is 0 Å². The van der Waals surface area contributed by atoms with Gasteiger partial charge in [0.15, 0.2) is 0 Å². The first kappa shape index (κ1) is 36.8. The summed E-state index contributed by atoms with van der Waals surface area (Å²) in [6.45, 7) is 0. The van der Waals surface area contributed by atoms with Crippen molar-refractivity contribution < 1.29 is 0 Å². The minimum absolute atomic E-state index is 1.07. The van der Waals surface area contributed by atoms with Gasteiger partial charge >= 0.3 is 0 Å². The quantitative estimate of drug-likeness (QED) is 0.141. The van der Waals surface area contributed by atoms with Crippen molar-refractivity contribution in [3.05, 3.63) is 255 Å². The van der Waals surface area contributed by atoms with Crippen LogP contribution in [0.2, 0.25) is 0 Å². The minimum Gasteiger partial charge on any atom is -0.310 e. The van der Waals surface area contributed by atoms with Gasteiger partial charge in [-0.1, -0.05) is 212 Å². The number of aromatic nitrogens is 1. The zero-order valence-corrected chi connectivity index (χ0v) is 34.1. The van der Waals surface area contributed by atoms with E-state index in [1.807, 2.05) is 0 Å². The molecule has 11 aromatic rings. The van der Waals surface area contributed by atoms with Crippen LogP contribution in [0.1, 0.15) is 0 Å². The molecular formula is C60H42N2. The Labute approximate surface area is 362 Å². The Hall–Kier alpha value is -8.20. The molecule has 0 spiro atoms. The Morgan fingerprint density at radius 1 is 0.274 bits per heavy atom. The van der Waals surface area contributed by atoms with Crippen LogP contribution in [0, 0.1) is 0 Å². The third-order valence-corrected chi connectivity index (χ3v) is 12.0. The summed E-state index contributed by atoms with van der Waals surface area (Å²) < 4.78 is 2.48. The molecule has 0 saturated carbocycles. The topological polar surface area (TPSA) is 8.17 Å². The molecule has 0 fully saturated rings. The highest BCUT2D eigenvalue weighted by Gasteiger charge is 2.23. The predicted octanol–water partition coefficient (Wildman–Crippen LogP) is 16.6. The fraction of sp³-hybridized carbons (Fsp3) is 0. The fourth-order valence-electron chi connectivity index (χ4n) is 9.10. The number of rotatable bonds is 9. The highest BCUT2D eigenvalue weighted by molar-refractivity contribution is 6.11. The number of hydrogen-bond acceptors (Lipinski definition) is 1. The second-order valence-corrected chi connectivity index (χ2v) is 15.7. The second kappa shape index (κ2) is 16.1. The molecule has 1 aromatic heterocycles. The van der Waals surface area contributed by atoms with Crippen molar-refractivity contribution in [2.45, 2.75) is 0 Å². The van der Waals surface area contributed by atoms with Gasteiger partial charge in [-0.05, 0) is 87.0 Å². The van der Waals surface area contributed by atoms with Crippen LogP contribution in [0.25, 0.3) is 83.1 Å². The number of benzene rings is 10. The van der Waals surface area contributed by atoms with Crippen molar-refractivity contribution in [3.8, 4) is 61.3 Å². The van der Waals surface area contributed by atoms with Gasteiger partial charge in [0, 0.05) is 33.3 Å². The van der Waals surface area contributed by atoms with Crippen molar-refractivity contribution in [1.82, 2.24) is 4.57 Å². The average Bonchev–Trinajstić information content (AvgIpc) is 3.69. The van der Waals surface area contributed by atoms with Gasteiger partial charge in [-0.2, -0.15) is 0 Å². The molecule has 0 unspecified atom stereocenters.